The van der Waals surface area contributed by atoms with Gasteiger partial charge in [-0.25, -0.2) is 4.98 Å². The van der Waals surface area contributed by atoms with E-state index in [1.807, 2.05) is 23.5 Å². The quantitative estimate of drug-likeness (QED) is 0.701. The zero-order chi connectivity index (χ0) is 20.9. The van der Waals surface area contributed by atoms with Gasteiger partial charge in [-0.2, -0.15) is 5.10 Å². The zero-order valence-corrected chi connectivity index (χ0v) is 18.5. The van der Waals surface area contributed by atoms with Crippen LogP contribution in [-0.2, 0) is 11.3 Å². The van der Waals surface area contributed by atoms with Gasteiger partial charge in [0, 0.05) is 31.9 Å². The maximum atomic E-state index is 13.4. The molecule has 3 aliphatic rings. The number of β-lactam (4-membered cyclic amide) rings is 1. The first-order valence-electron chi connectivity index (χ1n) is 11.1. The fourth-order valence-corrected chi connectivity index (χ4v) is 6.69. The standard InChI is InChI=1S/C22H29N5O2S/c1-3-26-13-8-17(24-26)20(28)25-11-6-16(7-12-25)27-19(18-15(2)23-14-30-18)22(21(27)29)9-4-5-10-22/h8,13-14,16,19H,3-7,9-12H2,1-2H3. The lowest BCUT2D eigenvalue weighted by Gasteiger charge is -2.58. The molecule has 1 aliphatic carbocycles. The summed E-state index contributed by atoms with van der Waals surface area (Å²) in [5.74, 6) is 0.335. The Hall–Kier alpha value is -2.22. The van der Waals surface area contributed by atoms with E-state index in [2.05, 4.69) is 21.9 Å². The minimum Gasteiger partial charge on any atom is -0.337 e. The van der Waals surface area contributed by atoms with E-state index in [0.29, 0.717) is 24.7 Å². The summed E-state index contributed by atoms with van der Waals surface area (Å²) in [6.45, 7) is 6.18. The first-order valence-corrected chi connectivity index (χ1v) is 12.0. The summed E-state index contributed by atoms with van der Waals surface area (Å²) in [7, 11) is 0. The van der Waals surface area contributed by atoms with Crippen molar-refractivity contribution in [2.75, 3.05) is 13.1 Å². The molecule has 160 valence electrons. The van der Waals surface area contributed by atoms with Crippen LogP contribution in [0.4, 0.5) is 0 Å². The molecule has 2 amide bonds. The number of hydrogen-bond acceptors (Lipinski definition) is 5. The fourth-order valence-electron chi connectivity index (χ4n) is 5.67. The molecule has 30 heavy (non-hydrogen) atoms. The van der Waals surface area contributed by atoms with Crippen LogP contribution in [0.15, 0.2) is 17.8 Å². The topological polar surface area (TPSA) is 71.3 Å². The average molecular weight is 428 g/mol. The number of amides is 2. The Balaban J connectivity index is 1.31. The van der Waals surface area contributed by atoms with Crippen LogP contribution in [0, 0.1) is 12.3 Å². The number of hydrogen-bond donors (Lipinski definition) is 0. The highest BCUT2D eigenvalue weighted by Gasteiger charge is 2.64. The molecule has 0 bridgehead atoms. The van der Waals surface area contributed by atoms with Gasteiger partial charge in [0.1, 0.15) is 5.69 Å². The fraction of sp³-hybridized carbons (Fsp3) is 0.636. The predicted octanol–water partition coefficient (Wildman–Crippen LogP) is 3.42. The summed E-state index contributed by atoms with van der Waals surface area (Å²) < 4.78 is 1.78. The maximum Gasteiger partial charge on any atom is 0.274 e. The number of nitrogens with zero attached hydrogens (tertiary/aromatic N) is 5. The van der Waals surface area contributed by atoms with Crippen LogP contribution in [0.1, 0.15) is 72.6 Å². The van der Waals surface area contributed by atoms with Crippen molar-refractivity contribution in [1.29, 1.82) is 0 Å². The molecule has 1 spiro atoms. The second kappa shape index (κ2) is 7.48. The van der Waals surface area contributed by atoms with Gasteiger partial charge in [-0.1, -0.05) is 12.8 Å². The van der Waals surface area contributed by atoms with Gasteiger partial charge >= 0.3 is 0 Å². The van der Waals surface area contributed by atoms with E-state index in [0.717, 1.165) is 50.8 Å². The summed E-state index contributed by atoms with van der Waals surface area (Å²) in [4.78, 5) is 36.0. The van der Waals surface area contributed by atoms with Gasteiger partial charge in [-0.15, -0.1) is 11.3 Å². The molecular weight excluding hydrogens is 398 g/mol. The maximum absolute atomic E-state index is 13.4. The number of likely N-dealkylation sites (tertiary alicyclic amines) is 2. The molecule has 2 aliphatic heterocycles. The molecule has 2 aromatic heterocycles. The Morgan fingerprint density at radius 2 is 2.00 bits per heavy atom. The highest BCUT2D eigenvalue weighted by molar-refractivity contribution is 7.09. The molecule has 7 nitrogen and oxygen atoms in total. The number of carbonyl (C=O) groups is 2. The van der Waals surface area contributed by atoms with Gasteiger partial charge in [0.25, 0.3) is 5.91 Å². The lowest BCUT2D eigenvalue weighted by molar-refractivity contribution is -0.180. The summed E-state index contributed by atoms with van der Waals surface area (Å²) in [5.41, 5.74) is 3.29. The Morgan fingerprint density at radius 1 is 1.27 bits per heavy atom. The van der Waals surface area contributed by atoms with E-state index in [1.165, 1.54) is 4.88 Å². The first kappa shape index (κ1) is 19.7. The van der Waals surface area contributed by atoms with Crippen LogP contribution in [0.25, 0.3) is 0 Å². The second-order valence-electron chi connectivity index (χ2n) is 8.86. The molecule has 2 saturated heterocycles. The predicted molar refractivity (Wildman–Crippen MR) is 114 cm³/mol. The molecule has 1 atom stereocenters. The monoisotopic (exact) mass is 427 g/mol. The van der Waals surface area contributed by atoms with E-state index < -0.39 is 0 Å². The molecule has 5 rings (SSSR count). The van der Waals surface area contributed by atoms with Crippen molar-refractivity contribution in [2.24, 2.45) is 5.41 Å². The van der Waals surface area contributed by atoms with E-state index in [1.54, 1.807) is 22.1 Å². The molecule has 8 heteroatoms. The van der Waals surface area contributed by atoms with Crippen LogP contribution >= 0.6 is 11.3 Å². The number of thiazole rings is 1. The minimum absolute atomic E-state index is 0.00213. The Kier molecular flexibility index (Phi) is 4.92. The summed E-state index contributed by atoms with van der Waals surface area (Å²) in [6.07, 6.45) is 7.80. The molecule has 3 fully saturated rings. The molecule has 1 unspecified atom stereocenters. The van der Waals surface area contributed by atoms with Crippen molar-refractivity contribution >= 4 is 23.2 Å². The zero-order valence-electron chi connectivity index (χ0n) is 17.7. The van der Waals surface area contributed by atoms with Crippen LogP contribution in [0.5, 0.6) is 0 Å². The Morgan fingerprint density at radius 3 is 2.60 bits per heavy atom. The van der Waals surface area contributed by atoms with Crippen molar-refractivity contribution < 1.29 is 9.59 Å². The lowest BCUT2D eigenvalue weighted by atomic mass is 9.67. The van der Waals surface area contributed by atoms with Gasteiger partial charge < -0.3 is 9.80 Å². The SMILES string of the molecule is CCn1ccc(C(=O)N2CCC(N3C(=O)C4(CCCC4)C3c3scnc3C)CC2)n1. The largest absolute Gasteiger partial charge is 0.337 e. The summed E-state index contributed by atoms with van der Waals surface area (Å²) >= 11 is 1.69. The van der Waals surface area contributed by atoms with Gasteiger partial charge in [0.15, 0.2) is 0 Å². The van der Waals surface area contributed by atoms with Crippen molar-refractivity contribution in [3.05, 3.63) is 34.0 Å². The number of carbonyl (C=O) groups excluding carboxylic acids is 2. The summed E-state index contributed by atoms with van der Waals surface area (Å²) in [6, 6.07) is 2.17. The first-order chi connectivity index (χ1) is 14.5. The number of rotatable bonds is 4. The smallest absolute Gasteiger partial charge is 0.274 e. The van der Waals surface area contributed by atoms with E-state index in [9.17, 15) is 9.59 Å². The van der Waals surface area contributed by atoms with Gasteiger partial charge in [0.05, 0.1) is 27.5 Å². The minimum atomic E-state index is -0.197. The van der Waals surface area contributed by atoms with Crippen molar-refractivity contribution in [1.82, 2.24) is 24.6 Å². The average Bonchev–Trinajstić information content (AvgIpc) is 3.52. The van der Waals surface area contributed by atoms with Crippen molar-refractivity contribution in [2.45, 2.75) is 71.0 Å². The second-order valence-corrected chi connectivity index (χ2v) is 9.75. The van der Waals surface area contributed by atoms with E-state index >= 15 is 0 Å². The summed E-state index contributed by atoms with van der Waals surface area (Å²) in [5, 5.41) is 4.36. The number of piperidine rings is 1. The molecule has 4 heterocycles. The van der Waals surface area contributed by atoms with Gasteiger partial charge in [-0.05, 0) is 45.6 Å². The third kappa shape index (κ3) is 2.91. The molecule has 2 aromatic rings. The number of aryl methyl sites for hydroxylation is 2. The van der Waals surface area contributed by atoms with Crippen molar-refractivity contribution in [3.8, 4) is 0 Å². The van der Waals surface area contributed by atoms with Gasteiger partial charge in [-0.3, -0.25) is 14.3 Å². The Bertz CT molecular complexity index is 952. The third-order valence-corrected chi connectivity index (χ3v) is 8.30. The normalized spacial score (nSPS) is 23.9. The molecular formula is C22H29N5O2S. The highest BCUT2D eigenvalue weighted by atomic mass is 32.1. The molecule has 0 N–H and O–H groups in total. The molecule has 0 aromatic carbocycles. The van der Waals surface area contributed by atoms with Gasteiger partial charge in [0.2, 0.25) is 5.91 Å². The van der Waals surface area contributed by atoms with Crippen LogP contribution < -0.4 is 0 Å². The van der Waals surface area contributed by atoms with Crippen molar-refractivity contribution in [3.63, 3.8) is 0 Å². The van der Waals surface area contributed by atoms with E-state index in [4.69, 9.17) is 0 Å². The number of aromatic nitrogens is 3. The lowest BCUT2D eigenvalue weighted by Crippen LogP contribution is -2.66. The van der Waals surface area contributed by atoms with Crippen LogP contribution in [-0.4, -0.2) is 55.5 Å². The van der Waals surface area contributed by atoms with Crippen LogP contribution in [0.3, 0.4) is 0 Å². The molecule has 0 radical (unpaired) electrons. The van der Waals surface area contributed by atoms with E-state index in [-0.39, 0.29) is 23.4 Å². The highest BCUT2D eigenvalue weighted by Crippen LogP contribution is 2.61. The molecule has 1 saturated carbocycles. The van der Waals surface area contributed by atoms with Crippen LogP contribution in [0.2, 0.25) is 0 Å². The Labute approximate surface area is 181 Å². The third-order valence-electron chi connectivity index (χ3n) is 7.32.